The Hall–Kier alpha value is -2.57. The molecule has 0 saturated heterocycles. The predicted octanol–water partition coefficient (Wildman–Crippen LogP) is 4.02. The Balaban J connectivity index is 1.77. The molecule has 0 spiro atoms. The Kier molecular flexibility index (Phi) is 3.63. The number of anilines is 1. The summed E-state index contributed by atoms with van der Waals surface area (Å²) in [6.07, 6.45) is 3.33. The number of halogens is 2. The third kappa shape index (κ3) is 2.60. The topological polar surface area (TPSA) is 82.8 Å². The number of fused-ring (bicyclic) bond motifs is 1. The number of furan rings is 1. The zero-order valence-corrected chi connectivity index (χ0v) is 13.8. The molecule has 4 rings (SSSR count). The SMILES string of the molecule is Nc1nc(-c2ccco2)nc2nn(Cc3c(Cl)cccc3Cl)cc12. The van der Waals surface area contributed by atoms with E-state index in [2.05, 4.69) is 15.1 Å². The fourth-order valence-electron chi connectivity index (χ4n) is 2.42. The molecule has 0 aliphatic carbocycles. The van der Waals surface area contributed by atoms with E-state index in [0.717, 1.165) is 5.56 Å². The molecule has 0 saturated carbocycles. The highest BCUT2D eigenvalue weighted by molar-refractivity contribution is 6.35. The van der Waals surface area contributed by atoms with Gasteiger partial charge in [0.15, 0.2) is 17.2 Å². The number of nitrogen functional groups attached to an aromatic ring is 1. The number of nitrogens with zero attached hydrogens (tertiary/aromatic N) is 4. The minimum Gasteiger partial charge on any atom is -0.461 e. The van der Waals surface area contributed by atoms with Crippen molar-refractivity contribution in [1.29, 1.82) is 0 Å². The highest BCUT2D eigenvalue weighted by atomic mass is 35.5. The van der Waals surface area contributed by atoms with Gasteiger partial charge in [0.1, 0.15) is 5.82 Å². The van der Waals surface area contributed by atoms with Gasteiger partial charge in [0.05, 0.1) is 18.2 Å². The summed E-state index contributed by atoms with van der Waals surface area (Å²) in [6, 6.07) is 8.90. The number of rotatable bonds is 3. The third-order valence-electron chi connectivity index (χ3n) is 3.58. The van der Waals surface area contributed by atoms with Crippen LogP contribution in [-0.2, 0) is 6.54 Å². The van der Waals surface area contributed by atoms with E-state index >= 15 is 0 Å². The lowest BCUT2D eigenvalue weighted by atomic mass is 10.2. The third-order valence-corrected chi connectivity index (χ3v) is 4.29. The lowest BCUT2D eigenvalue weighted by Crippen LogP contribution is -2.01. The highest BCUT2D eigenvalue weighted by Crippen LogP contribution is 2.27. The van der Waals surface area contributed by atoms with Crippen LogP contribution < -0.4 is 5.73 Å². The Morgan fingerprint density at radius 3 is 2.58 bits per heavy atom. The van der Waals surface area contributed by atoms with Crippen molar-refractivity contribution in [2.24, 2.45) is 0 Å². The second-order valence-corrected chi connectivity index (χ2v) is 5.99. The maximum Gasteiger partial charge on any atom is 0.199 e. The van der Waals surface area contributed by atoms with Crippen molar-refractivity contribution in [2.45, 2.75) is 6.54 Å². The first-order chi connectivity index (χ1) is 11.6. The molecule has 24 heavy (non-hydrogen) atoms. The van der Waals surface area contributed by atoms with E-state index in [0.29, 0.717) is 45.0 Å². The smallest absolute Gasteiger partial charge is 0.199 e. The summed E-state index contributed by atoms with van der Waals surface area (Å²) >= 11 is 12.4. The molecule has 0 amide bonds. The first-order valence-electron chi connectivity index (χ1n) is 7.09. The molecule has 3 heterocycles. The van der Waals surface area contributed by atoms with Crippen molar-refractivity contribution in [3.63, 3.8) is 0 Å². The van der Waals surface area contributed by atoms with Crippen LogP contribution in [-0.4, -0.2) is 19.7 Å². The second kappa shape index (κ2) is 5.81. The molecule has 0 unspecified atom stereocenters. The van der Waals surface area contributed by atoms with Gasteiger partial charge in [-0.3, -0.25) is 4.68 Å². The Labute approximate surface area is 146 Å². The predicted molar refractivity (Wildman–Crippen MR) is 93.0 cm³/mol. The molecule has 1 aromatic carbocycles. The molecular weight excluding hydrogens is 349 g/mol. The summed E-state index contributed by atoms with van der Waals surface area (Å²) in [7, 11) is 0. The molecule has 0 bridgehead atoms. The number of hydrogen-bond donors (Lipinski definition) is 1. The quantitative estimate of drug-likeness (QED) is 0.597. The Morgan fingerprint density at radius 1 is 1.08 bits per heavy atom. The standard InChI is InChI=1S/C16H11Cl2N5O/c17-11-3-1-4-12(18)9(11)7-23-8-10-14(19)20-16(21-15(10)22-23)13-5-2-6-24-13/h1-6,8H,7H2,(H2,19,20,21,22). The summed E-state index contributed by atoms with van der Waals surface area (Å²) in [6.45, 7) is 0.407. The zero-order valence-electron chi connectivity index (χ0n) is 12.3. The second-order valence-electron chi connectivity index (χ2n) is 5.17. The van der Waals surface area contributed by atoms with Gasteiger partial charge in [-0.15, -0.1) is 0 Å². The van der Waals surface area contributed by atoms with Gasteiger partial charge < -0.3 is 10.2 Å². The molecule has 8 heteroatoms. The van der Waals surface area contributed by atoms with Gasteiger partial charge >= 0.3 is 0 Å². The number of benzene rings is 1. The molecule has 6 nitrogen and oxygen atoms in total. The van der Waals surface area contributed by atoms with Crippen molar-refractivity contribution in [3.8, 4) is 11.6 Å². The first kappa shape index (κ1) is 15.0. The maximum absolute atomic E-state index is 6.21. The van der Waals surface area contributed by atoms with E-state index in [9.17, 15) is 0 Å². The molecule has 0 aliphatic rings. The van der Waals surface area contributed by atoms with Crippen molar-refractivity contribution < 1.29 is 4.42 Å². The minimum atomic E-state index is 0.336. The monoisotopic (exact) mass is 359 g/mol. The molecule has 0 aliphatic heterocycles. The summed E-state index contributed by atoms with van der Waals surface area (Å²) in [5.74, 6) is 1.27. The van der Waals surface area contributed by atoms with E-state index in [4.69, 9.17) is 33.4 Å². The van der Waals surface area contributed by atoms with Crippen LogP contribution in [0, 0.1) is 0 Å². The van der Waals surface area contributed by atoms with Crippen molar-refractivity contribution in [1.82, 2.24) is 19.7 Å². The van der Waals surface area contributed by atoms with E-state index in [-0.39, 0.29) is 0 Å². The summed E-state index contributed by atoms with van der Waals surface area (Å²) in [5.41, 5.74) is 7.30. The lowest BCUT2D eigenvalue weighted by molar-refractivity contribution is 0.577. The lowest BCUT2D eigenvalue weighted by Gasteiger charge is -2.06. The fourth-order valence-corrected chi connectivity index (χ4v) is 2.93. The van der Waals surface area contributed by atoms with E-state index in [1.54, 1.807) is 47.5 Å². The zero-order chi connectivity index (χ0) is 16.7. The molecule has 120 valence electrons. The van der Waals surface area contributed by atoms with Crippen molar-refractivity contribution in [2.75, 3.05) is 5.73 Å². The van der Waals surface area contributed by atoms with E-state index < -0.39 is 0 Å². The van der Waals surface area contributed by atoms with Crippen LogP contribution in [0.3, 0.4) is 0 Å². The Morgan fingerprint density at radius 2 is 1.88 bits per heavy atom. The molecule has 3 aromatic heterocycles. The summed E-state index contributed by atoms with van der Waals surface area (Å²) in [5, 5.41) is 6.27. The maximum atomic E-state index is 6.21. The molecule has 2 N–H and O–H groups in total. The highest BCUT2D eigenvalue weighted by Gasteiger charge is 2.14. The van der Waals surface area contributed by atoms with E-state index in [1.807, 2.05) is 0 Å². The van der Waals surface area contributed by atoms with Gasteiger partial charge in [-0.25, -0.2) is 9.97 Å². The normalized spacial score (nSPS) is 11.2. The van der Waals surface area contributed by atoms with Gasteiger partial charge in [0.25, 0.3) is 0 Å². The average Bonchev–Trinajstić information content (AvgIpc) is 3.20. The van der Waals surface area contributed by atoms with Crippen LogP contribution in [0.25, 0.3) is 22.6 Å². The van der Waals surface area contributed by atoms with Crippen LogP contribution in [0.4, 0.5) is 5.82 Å². The minimum absolute atomic E-state index is 0.336. The first-order valence-corrected chi connectivity index (χ1v) is 7.85. The van der Waals surface area contributed by atoms with E-state index in [1.165, 1.54) is 0 Å². The summed E-state index contributed by atoms with van der Waals surface area (Å²) in [4.78, 5) is 8.67. The van der Waals surface area contributed by atoms with Gasteiger partial charge in [-0.05, 0) is 24.3 Å². The van der Waals surface area contributed by atoms with Gasteiger partial charge in [0, 0.05) is 21.8 Å². The van der Waals surface area contributed by atoms with Crippen molar-refractivity contribution >= 4 is 40.1 Å². The van der Waals surface area contributed by atoms with Crippen LogP contribution >= 0.6 is 23.2 Å². The number of hydrogen-bond acceptors (Lipinski definition) is 5. The number of aromatic nitrogens is 4. The summed E-state index contributed by atoms with van der Waals surface area (Å²) < 4.78 is 7.00. The van der Waals surface area contributed by atoms with Gasteiger partial charge in [-0.1, -0.05) is 29.3 Å². The molecule has 4 aromatic rings. The number of nitrogens with two attached hydrogens (primary N) is 1. The Bertz CT molecular complexity index is 1010. The largest absolute Gasteiger partial charge is 0.461 e. The van der Waals surface area contributed by atoms with Crippen molar-refractivity contribution in [3.05, 3.63) is 58.4 Å². The molecular formula is C16H11Cl2N5O. The van der Waals surface area contributed by atoms with Gasteiger partial charge in [0.2, 0.25) is 0 Å². The average molecular weight is 360 g/mol. The van der Waals surface area contributed by atoms with Crippen LogP contribution in [0.1, 0.15) is 5.56 Å². The fraction of sp³-hybridized carbons (Fsp3) is 0.0625. The molecule has 0 atom stereocenters. The molecule has 0 fully saturated rings. The van der Waals surface area contributed by atoms with Gasteiger partial charge in [-0.2, -0.15) is 5.10 Å². The molecule has 0 radical (unpaired) electrons. The van der Waals surface area contributed by atoms with Crippen LogP contribution in [0.15, 0.2) is 47.2 Å². The van der Waals surface area contributed by atoms with Crippen LogP contribution in [0.5, 0.6) is 0 Å². The van der Waals surface area contributed by atoms with Crippen LogP contribution in [0.2, 0.25) is 10.0 Å².